The summed E-state index contributed by atoms with van der Waals surface area (Å²) in [5.41, 5.74) is 2.30. The van der Waals surface area contributed by atoms with Gasteiger partial charge in [-0.3, -0.25) is 9.78 Å². The zero-order valence-electron chi connectivity index (χ0n) is 13.4. The van der Waals surface area contributed by atoms with Crippen molar-refractivity contribution >= 4 is 17.2 Å². The van der Waals surface area contributed by atoms with E-state index in [0.29, 0.717) is 13.0 Å². The number of likely N-dealkylation sites (tertiary alicyclic amines) is 1. The Morgan fingerprint density at radius 1 is 1.35 bits per heavy atom. The first-order chi connectivity index (χ1) is 11.3. The van der Waals surface area contributed by atoms with Crippen LogP contribution in [0.5, 0.6) is 0 Å². The maximum atomic E-state index is 12.7. The molecule has 0 radical (unpaired) electrons. The number of pyridine rings is 1. The topological polar surface area (TPSA) is 42.4 Å². The first kappa shape index (κ1) is 16.1. The predicted molar refractivity (Wildman–Crippen MR) is 91.5 cm³/mol. The molecule has 2 aromatic rings. The molecule has 4 nitrogen and oxygen atoms in total. The van der Waals surface area contributed by atoms with Crippen molar-refractivity contribution in [3.8, 4) is 0 Å². The monoisotopic (exact) mass is 330 g/mol. The molecule has 1 aliphatic rings. The van der Waals surface area contributed by atoms with Crippen molar-refractivity contribution in [2.75, 3.05) is 13.2 Å². The largest absolute Gasteiger partial charge is 0.376 e. The van der Waals surface area contributed by atoms with Gasteiger partial charge in [0, 0.05) is 25.5 Å². The average Bonchev–Trinajstić information content (AvgIpc) is 3.19. The molecular formula is C18H22N2O2S. The highest BCUT2D eigenvalue weighted by molar-refractivity contribution is 7.07. The fourth-order valence-corrected chi connectivity index (χ4v) is 3.88. The molecule has 0 aromatic carbocycles. The highest BCUT2D eigenvalue weighted by Crippen LogP contribution is 2.25. The number of aromatic nitrogens is 1. The normalized spacial score (nSPS) is 20.8. The first-order valence-corrected chi connectivity index (χ1v) is 9.03. The van der Waals surface area contributed by atoms with E-state index in [1.54, 1.807) is 23.7 Å². The van der Waals surface area contributed by atoms with Gasteiger partial charge >= 0.3 is 0 Å². The quantitative estimate of drug-likeness (QED) is 0.818. The summed E-state index contributed by atoms with van der Waals surface area (Å²) in [5.74, 6) is 0.199. The van der Waals surface area contributed by atoms with E-state index in [2.05, 4.69) is 4.98 Å². The molecular weight excluding hydrogens is 308 g/mol. The van der Waals surface area contributed by atoms with Gasteiger partial charge in [0.1, 0.15) is 0 Å². The molecule has 5 heteroatoms. The molecule has 1 saturated heterocycles. The molecule has 0 saturated carbocycles. The third-order valence-electron chi connectivity index (χ3n) is 4.31. The van der Waals surface area contributed by atoms with Crippen LogP contribution in [-0.4, -0.2) is 41.1 Å². The zero-order chi connectivity index (χ0) is 16.1. The van der Waals surface area contributed by atoms with E-state index in [1.807, 2.05) is 40.8 Å². The van der Waals surface area contributed by atoms with Crippen LogP contribution in [0.25, 0.3) is 0 Å². The molecule has 122 valence electrons. The summed E-state index contributed by atoms with van der Waals surface area (Å²) in [6.07, 6.45) is 5.95. The van der Waals surface area contributed by atoms with Crippen molar-refractivity contribution in [1.82, 2.24) is 9.88 Å². The molecule has 0 spiro atoms. The standard InChI is InChI=1S/C18H22N2O2S/c1-2-22-17-5-9-20(18(21)12-15-6-10-23-13-15)16(17)11-14-3-7-19-8-4-14/h3-4,6-8,10,13,16-17H,2,5,9,11-12H2,1H3/t16-,17-/m1/s1. The number of carbonyl (C=O) groups is 1. The number of hydrogen-bond acceptors (Lipinski definition) is 4. The summed E-state index contributed by atoms with van der Waals surface area (Å²) in [7, 11) is 0. The van der Waals surface area contributed by atoms with Crippen molar-refractivity contribution in [2.45, 2.75) is 38.3 Å². The minimum absolute atomic E-state index is 0.114. The highest BCUT2D eigenvalue weighted by atomic mass is 32.1. The molecule has 3 rings (SSSR count). The Balaban J connectivity index is 1.73. The molecule has 1 fully saturated rings. The van der Waals surface area contributed by atoms with Gasteiger partial charge in [-0.2, -0.15) is 11.3 Å². The van der Waals surface area contributed by atoms with Crippen LogP contribution in [0.2, 0.25) is 0 Å². The van der Waals surface area contributed by atoms with E-state index in [9.17, 15) is 4.79 Å². The fraction of sp³-hybridized carbons (Fsp3) is 0.444. The Morgan fingerprint density at radius 2 is 2.17 bits per heavy atom. The van der Waals surface area contributed by atoms with Crippen molar-refractivity contribution < 1.29 is 9.53 Å². The average molecular weight is 330 g/mol. The minimum Gasteiger partial charge on any atom is -0.376 e. The van der Waals surface area contributed by atoms with E-state index in [0.717, 1.165) is 24.9 Å². The van der Waals surface area contributed by atoms with E-state index >= 15 is 0 Å². The second-order valence-electron chi connectivity index (χ2n) is 5.80. The number of ether oxygens (including phenoxy) is 1. The van der Waals surface area contributed by atoms with Gasteiger partial charge in [-0.05, 0) is 59.9 Å². The van der Waals surface area contributed by atoms with Crippen LogP contribution in [0.15, 0.2) is 41.4 Å². The second kappa shape index (κ2) is 7.70. The molecule has 1 aliphatic heterocycles. The van der Waals surface area contributed by atoms with Gasteiger partial charge in [0.05, 0.1) is 18.6 Å². The van der Waals surface area contributed by atoms with Gasteiger partial charge in [-0.25, -0.2) is 0 Å². The summed E-state index contributed by atoms with van der Waals surface area (Å²) < 4.78 is 5.90. The lowest BCUT2D eigenvalue weighted by Crippen LogP contribution is -2.42. The Bertz CT molecular complexity index is 615. The zero-order valence-corrected chi connectivity index (χ0v) is 14.2. The lowest BCUT2D eigenvalue weighted by molar-refractivity contribution is -0.132. The molecule has 2 atom stereocenters. The van der Waals surface area contributed by atoms with Crippen molar-refractivity contribution in [3.63, 3.8) is 0 Å². The Labute approximate surface area is 141 Å². The number of nitrogens with zero attached hydrogens (tertiary/aromatic N) is 2. The first-order valence-electron chi connectivity index (χ1n) is 8.09. The third kappa shape index (κ3) is 3.98. The molecule has 3 heterocycles. The molecule has 0 aliphatic carbocycles. The Morgan fingerprint density at radius 3 is 2.87 bits per heavy atom. The van der Waals surface area contributed by atoms with Crippen molar-refractivity contribution in [3.05, 3.63) is 52.5 Å². The number of rotatable bonds is 6. The molecule has 1 amide bonds. The predicted octanol–water partition coefficient (Wildman–Crippen LogP) is 2.93. The SMILES string of the molecule is CCO[C@@H]1CCN(C(=O)Cc2ccsc2)[C@@H]1Cc1ccncc1. The number of thiophene rings is 1. The summed E-state index contributed by atoms with van der Waals surface area (Å²) in [6, 6.07) is 6.17. The van der Waals surface area contributed by atoms with Crippen LogP contribution < -0.4 is 0 Å². The minimum atomic E-state index is 0.114. The van der Waals surface area contributed by atoms with E-state index in [1.165, 1.54) is 5.56 Å². The van der Waals surface area contributed by atoms with Crippen molar-refractivity contribution in [1.29, 1.82) is 0 Å². The Kier molecular flexibility index (Phi) is 5.41. The van der Waals surface area contributed by atoms with E-state index < -0.39 is 0 Å². The Hall–Kier alpha value is -1.72. The molecule has 0 N–H and O–H groups in total. The lowest BCUT2D eigenvalue weighted by Gasteiger charge is -2.28. The van der Waals surface area contributed by atoms with Crippen LogP contribution in [0.4, 0.5) is 0 Å². The highest BCUT2D eigenvalue weighted by Gasteiger charge is 2.37. The fourth-order valence-electron chi connectivity index (χ4n) is 3.21. The van der Waals surface area contributed by atoms with Crippen LogP contribution in [0.3, 0.4) is 0 Å². The van der Waals surface area contributed by atoms with Gasteiger partial charge in [-0.1, -0.05) is 0 Å². The lowest BCUT2D eigenvalue weighted by atomic mass is 10.0. The van der Waals surface area contributed by atoms with Gasteiger partial charge in [0.2, 0.25) is 5.91 Å². The third-order valence-corrected chi connectivity index (χ3v) is 5.05. The van der Waals surface area contributed by atoms with Gasteiger partial charge < -0.3 is 9.64 Å². The van der Waals surface area contributed by atoms with Gasteiger partial charge in [0.15, 0.2) is 0 Å². The smallest absolute Gasteiger partial charge is 0.227 e. The van der Waals surface area contributed by atoms with Crippen LogP contribution in [0.1, 0.15) is 24.5 Å². The molecule has 0 bridgehead atoms. The number of hydrogen-bond donors (Lipinski definition) is 0. The molecule has 23 heavy (non-hydrogen) atoms. The summed E-state index contributed by atoms with van der Waals surface area (Å²) >= 11 is 1.63. The van der Waals surface area contributed by atoms with Crippen LogP contribution in [0, 0.1) is 0 Å². The molecule has 2 aromatic heterocycles. The van der Waals surface area contributed by atoms with Crippen molar-refractivity contribution in [2.24, 2.45) is 0 Å². The summed E-state index contributed by atoms with van der Waals surface area (Å²) in [4.78, 5) is 18.8. The molecule has 0 unspecified atom stereocenters. The number of amides is 1. The van der Waals surface area contributed by atoms with Crippen LogP contribution >= 0.6 is 11.3 Å². The van der Waals surface area contributed by atoms with Crippen LogP contribution in [-0.2, 0) is 22.4 Å². The van der Waals surface area contributed by atoms with Gasteiger partial charge in [-0.15, -0.1) is 0 Å². The van der Waals surface area contributed by atoms with E-state index in [4.69, 9.17) is 4.74 Å². The maximum absolute atomic E-state index is 12.7. The maximum Gasteiger partial charge on any atom is 0.227 e. The van der Waals surface area contributed by atoms with E-state index in [-0.39, 0.29) is 18.1 Å². The summed E-state index contributed by atoms with van der Waals surface area (Å²) in [6.45, 7) is 3.48. The number of carbonyl (C=O) groups excluding carboxylic acids is 1. The summed E-state index contributed by atoms with van der Waals surface area (Å²) in [5, 5.41) is 4.07. The second-order valence-corrected chi connectivity index (χ2v) is 6.58. The van der Waals surface area contributed by atoms with Gasteiger partial charge in [0.25, 0.3) is 0 Å².